The Balaban J connectivity index is 0.00000221. The van der Waals surface area contributed by atoms with E-state index in [1.807, 2.05) is 4.98 Å². The summed E-state index contributed by atoms with van der Waals surface area (Å²) in [5, 5.41) is 0. The van der Waals surface area contributed by atoms with Gasteiger partial charge in [0, 0.05) is 12.3 Å². The quantitative estimate of drug-likeness (QED) is 0.205. The second kappa shape index (κ2) is 12.9. The van der Waals surface area contributed by atoms with Crippen LogP contribution in [0.1, 0.15) is 12.5 Å². The molecule has 6 rings (SSSR count). The number of alkyl halides is 2. The Morgan fingerprint density at radius 2 is 1.64 bits per heavy atom. The van der Waals surface area contributed by atoms with E-state index >= 15 is 8.78 Å². The summed E-state index contributed by atoms with van der Waals surface area (Å²) in [5.74, 6) is 0.0254. The topological polar surface area (TPSA) is 293 Å². The summed E-state index contributed by atoms with van der Waals surface area (Å²) in [4.78, 5) is 50.6. The number of H-pyrrole nitrogens is 1. The number of halogens is 2. The van der Waals surface area contributed by atoms with E-state index in [0.29, 0.717) is 4.57 Å². The molecule has 25 heteroatoms. The predicted octanol–water partition coefficient (Wildman–Crippen LogP) is 0.239. The lowest BCUT2D eigenvalue weighted by Crippen LogP contribution is -2.39. The van der Waals surface area contributed by atoms with E-state index < -0.39 is 87.2 Å². The van der Waals surface area contributed by atoms with Gasteiger partial charge in [-0.2, -0.15) is 0 Å². The van der Waals surface area contributed by atoms with Crippen molar-refractivity contribution in [2.75, 3.05) is 18.9 Å². The first-order chi connectivity index (χ1) is 19.8. The summed E-state index contributed by atoms with van der Waals surface area (Å²) in [5.41, 5.74) is 4.30. The molecule has 244 valence electrons. The van der Waals surface area contributed by atoms with Gasteiger partial charge in [-0.25, -0.2) is 28.5 Å². The molecule has 0 bridgehead atoms. The molecule has 10 atom stereocenters. The average molecular weight is 706 g/mol. The zero-order valence-electron chi connectivity index (χ0n) is 22.7. The standard InChI is InChI=1S/C19H21F2N7O10P2S2.2H3N/c20-10-13-7(35-17(10)27-2-1-9(29)26-19(27)30)3-33-40(32,42)38-14-8(4-34-39(31,41)37-13)36-18(11(14)21)28-6-25-12-15(22)23-5-24-16(12)28;;/h1-2,5-8,10-11,13-14,17-18H,3-4H2,(H,31,41)(H,32,42)(H2,22,23,24)(H,26,29,30);2*1H3/t7-,8-,10?,11?,13+,14+,17-,18-,39?,40?;;/m1../s1. The number of nitrogens with zero attached hydrogens (tertiary/aromatic N) is 5. The van der Waals surface area contributed by atoms with Gasteiger partial charge in [0.05, 0.1) is 19.5 Å². The molecule has 11 N–H and O–H groups in total. The van der Waals surface area contributed by atoms with Crippen LogP contribution >= 0.6 is 13.5 Å². The molecule has 3 aliphatic heterocycles. The monoisotopic (exact) mass is 705 g/mol. The van der Waals surface area contributed by atoms with Gasteiger partial charge in [-0.15, -0.1) is 0 Å². The highest BCUT2D eigenvalue weighted by atomic mass is 32.7. The molecule has 0 radical (unpaired) electrons. The van der Waals surface area contributed by atoms with Gasteiger partial charge in [0.2, 0.25) is 0 Å². The smallest absolute Gasteiger partial charge is 0.330 e. The van der Waals surface area contributed by atoms with Crippen LogP contribution in [0.2, 0.25) is 0 Å². The van der Waals surface area contributed by atoms with E-state index in [4.69, 9.17) is 57.4 Å². The highest BCUT2D eigenvalue weighted by molar-refractivity contribution is 8.32. The van der Waals surface area contributed by atoms with E-state index in [2.05, 4.69) is 15.0 Å². The van der Waals surface area contributed by atoms with Crippen LogP contribution in [0.3, 0.4) is 0 Å². The number of aromatic nitrogens is 6. The van der Waals surface area contributed by atoms with Gasteiger partial charge in [0.1, 0.15) is 43.0 Å². The zero-order chi connectivity index (χ0) is 30.0. The van der Waals surface area contributed by atoms with Crippen LogP contribution in [-0.2, 0) is 56.2 Å². The number of rotatable bonds is 2. The molecule has 0 spiro atoms. The minimum Gasteiger partial charge on any atom is -0.780 e. The van der Waals surface area contributed by atoms with Gasteiger partial charge in [-0.1, -0.05) is 11.8 Å². The second-order valence-electron chi connectivity index (χ2n) is 9.25. The Morgan fingerprint density at radius 1 is 1.02 bits per heavy atom. The summed E-state index contributed by atoms with van der Waals surface area (Å²) in [6.07, 6.45) is -10.6. The van der Waals surface area contributed by atoms with E-state index in [0.717, 1.165) is 18.6 Å². The van der Waals surface area contributed by atoms with Crippen molar-refractivity contribution in [2.24, 2.45) is 0 Å². The molecule has 3 aromatic rings. The maximum Gasteiger partial charge on any atom is 0.330 e. The Labute approximate surface area is 255 Å². The van der Waals surface area contributed by atoms with Gasteiger partial charge < -0.3 is 62.7 Å². The molecule has 19 nitrogen and oxygen atoms in total. The fourth-order valence-electron chi connectivity index (χ4n) is 4.73. The highest BCUT2D eigenvalue weighted by Gasteiger charge is 2.52. The number of imidazole rings is 1. The number of aromatic amines is 1. The second-order valence-corrected chi connectivity index (χ2v) is 14.7. The summed E-state index contributed by atoms with van der Waals surface area (Å²) in [7, 11) is 0. The Morgan fingerprint density at radius 3 is 2.30 bits per heavy atom. The molecule has 0 amide bonds. The maximum atomic E-state index is 15.8. The minimum atomic E-state index is -4.56. The SMILES string of the molecule is Nc1ncnc2c1ncn2[C@@H]1O[C@@H]2COP([O-])(=S)O[C@@H]3C(F)[C@H](n4ccc(=O)[nH]c4=O)O[C@@H]3COP(=O)([S-])O[C@@H]2C1F.[NH4+].[NH4+]. The number of hydrogen-bond acceptors (Lipinski definition) is 16. The van der Waals surface area contributed by atoms with Gasteiger partial charge in [0.25, 0.3) is 5.56 Å². The van der Waals surface area contributed by atoms with E-state index in [1.54, 1.807) is 0 Å². The lowest BCUT2D eigenvalue weighted by Gasteiger charge is -2.36. The molecule has 0 aromatic carbocycles. The molecule has 0 saturated carbocycles. The largest absolute Gasteiger partial charge is 0.780 e. The fourth-order valence-corrected chi connectivity index (χ4v) is 7.57. The van der Waals surface area contributed by atoms with Crippen molar-refractivity contribution in [1.82, 2.24) is 41.4 Å². The van der Waals surface area contributed by atoms with E-state index in [9.17, 15) is 19.0 Å². The Kier molecular flexibility index (Phi) is 10.1. The van der Waals surface area contributed by atoms with Crippen molar-refractivity contribution in [3.63, 3.8) is 0 Å². The molecular formula is C19H27F2N9O10P2S2. The van der Waals surface area contributed by atoms with Crippen molar-refractivity contribution in [2.45, 2.75) is 49.2 Å². The van der Waals surface area contributed by atoms with Crippen LogP contribution in [0.25, 0.3) is 11.2 Å². The lowest BCUT2D eigenvalue weighted by atomic mass is 10.1. The van der Waals surface area contributed by atoms with Crippen LogP contribution in [0.15, 0.2) is 34.5 Å². The van der Waals surface area contributed by atoms with Crippen molar-refractivity contribution in [1.29, 1.82) is 0 Å². The Hall–Kier alpha value is -2.24. The molecular weight excluding hydrogens is 678 g/mol. The van der Waals surface area contributed by atoms with Crippen LogP contribution in [0.5, 0.6) is 0 Å². The van der Waals surface area contributed by atoms with E-state index in [1.165, 1.54) is 10.9 Å². The first-order valence-corrected chi connectivity index (χ1v) is 17.1. The molecule has 0 aliphatic carbocycles. The van der Waals surface area contributed by atoms with Gasteiger partial charge in [-0.05, 0) is 0 Å². The number of nitrogens with two attached hydrogens (primary N) is 1. The van der Waals surface area contributed by atoms with Crippen molar-refractivity contribution < 1.29 is 45.8 Å². The summed E-state index contributed by atoms with van der Waals surface area (Å²) in [6.45, 7) is -10.6. The van der Waals surface area contributed by atoms with Crippen LogP contribution in [0.4, 0.5) is 14.6 Å². The maximum absolute atomic E-state index is 15.8. The first kappa shape index (κ1) is 34.6. The minimum absolute atomic E-state index is 0. The summed E-state index contributed by atoms with van der Waals surface area (Å²) in [6, 6.07) is 0.944. The Bertz CT molecular complexity index is 1730. The van der Waals surface area contributed by atoms with Crippen LogP contribution in [0, 0.1) is 0 Å². The molecule has 3 saturated heterocycles. The number of fused-ring (bicyclic) bond motifs is 3. The molecule has 3 fully saturated rings. The number of hydrogen-bond donors (Lipinski definition) is 4. The van der Waals surface area contributed by atoms with Crippen LogP contribution in [-0.4, -0.2) is 79.0 Å². The average Bonchev–Trinajstić information content (AvgIpc) is 3.57. The molecule has 4 unspecified atom stereocenters. The first-order valence-electron chi connectivity index (χ1n) is 11.9. The number of ether oxygens (including phenoxy) is 2. The third-order valence-electron chi connectivity index (χ3n) is 6.62. The van der Waals surface area contributed by atoms with Gasteiger partial charge in [-0.3, -0.25) is 23.5 Å². The van der Waals surface area contributed by atoms with E-state index in [-0.39, 0.29) is 29.3 Å². The molecule has 6 heterocycles. The summed E-state index contributed by atoms with van der Waals surface area (Å²) >= 11 is 9.90. The van der Waals surface area contributed by atoms with Gasteiger partial charge in [0.15, 0.2) is 43.1 Å². The normalized spacial score (nSPS) is 37.5. The third-order valence-corrected chi connectivity index (χ3v) is 9.70. The lowest BCUT2D eigenvalue weighted by molar-refractivity contribution is -0.217. The number of quaternary nitrogens is 2. The number of nitrogen functional groups attached to an aromatic ring is 1. The fraction of sp³-hybridized carbons (Fsp3) is 0.526. The van der Waals surface area contributed by atoms with Gasteiger partial charge >= 0.3 is 5.69 Å². The third kappa shape index (κ3) is 6.51. The van der Waals surface area contributed by atoms with Crippen molar-refractivity contribution in [3.8, 4) is 0 Å². The zero-order valence-corrected chi connectivity index (χ0v) is 26.1. The summed E-state index contributed by atoms with van der Waals surface area (Å²) < 4.78 is 78.9. The highest BCUT2D eigenvalue weighted by Crippen LogP contribution is 2.54. The van der Waals surface area contributed by atoms with Crippen LogP contribution < -0.4 is 34.2 Å². The number of anilines is 1. The molecule has 44 heavy (non-hydrogen) atoms. The molecule has 3 aromatic heterocycles. The molecule has 3 aliphatic rings. The van der Waals surface area contributed by atoms with Crippen molar-refractivity contribution >= 4 is 54.6 Å². The van der Waals surface area contributed by atoms with Crippen molar-refractivity contribution in [3.05, 3.63) is 45.8 Å². The predicted molar refractivity (Wildman–Crippen MR) is 152 cm³/mol. The number of nitrogens with one attached hydrogen (secondary N) is 1.